The Labute approximate surface area is 156 Å². The van der Waals surface area contributed by atoms with Gasteiger partial charge in [0.25, 0.3) is 0 Å². The Hall–Kier alpha value is -0.640. The largest absolute Gasteiger partial charge is 0.395 e. The van der Waals surface area contributed by atoms with Gasteiger partial charge < -0.3 is 10.2 Å². The lowest BCUT2D eigenvalue weighted by Gasteiger charge is -2.19. The summed E-state index contributed by atoms with van der Waals surface area (Å²) in [5.41, 5.74) is 0. The first-order valence-electron chi connectivity index (χ1n) is 10.6. The molecule has 148 valence electrons. The number of rotatable bonds is 19. The van der Waals surface area contributed by atoms with Crippen LogP contribution in [0.5, 0.6) is 0 Å². The Morgan fingerprint density at radius 2 is 1.12 bits per heavy atom. The van der Waals surface area contributed by atoms with Crippen LogP contribution in [0.3, 0.4) is 0 Å². The number of hydrogen-bond acceptors (Lipinski definition) is 3. The van der Waals surface area contributed by atoms with Gasteiger partial charge in [-0.25, -0.2) is 0 Å². The van der Waals surface area contributed by atoms with E-state index in [1.807, 2.05) is 0 Å². The van der Waals surface area contributed by atoms with Crippen molar-refractivity contribution in [3.8, 4) is 0 Å². The molecule has 0 aliphatic carbocycles. The van der Waals surface area contributed by atoms with E-state index in [0.29, 0.717) is 13.1 Å². The summed E-state index contributed by atoms with van der Waals surface area (Å²) in [6, 6.07) is 0. The molecule has 3 heteroatoms. The second-order valence-electron chi connectivity index (χ2n) is 6.87. The van der Waals surface area contributed by atoms with Gasteiger partial charge in [-0.3, -0.25) is 4.90 Å². The van der Waals surface area contributed by atoms with E-state index >= 15 is 0 Å². The van der Waals surface area contributed by atoms with Crippen LogP contribution in [0.25, 0.3) is 0 Å². The van der Waals surface area contributed by atoms with Gasteiger partial charge in [-0.1, -0.05) is 69.8 Å². The number of nitrogens with zero attached hydrogens (tertiary/aromatic N) is 1. The zero-order chi connectivity index (χ0) is 18.4. The van der Waals surface area contributed by atoms with Gasteiger partial charge in [-0.05, 0) is 45.1 Å². The van der Waals surface area contributed by atoms with Crippen molar-refractivity contribution in [3.05, 3.63) is 24.3 Å². The smallest absolute Gasteiger partial charge is 0.0558 e. The molecule has 0 aromatic carbocycles. The van der Waals surface area contributed by atoms with Crippen molar-refractivity contribution in [1.29, 1.82) is 0 Å². The summed E-state index contributed by atoms with van der Waals surface area (Å²) >= 11 is 0. The molecule has 0 aliphatic heterocycles. The van der Waals surface area contributed by atoms with Crippen LogP contribution in [0.4, 0.5) is 0 Å². The Morgan fingerprint density at radius 1 is 0.600 bits per heavy atom. The molecule has 0 radical (unpaired) electrons. The summed E-state index contributed by atoms with van der Waals surface area (Å²) < 4.78 is 0. The zero-order valence-corrected chi connectivity index (χ0v) is 16.7. The molecule has 0 bridgehead atoms. The van der Waals surface area contributed by atoms with Crippen molar-refractivity contribution in [2.24, 2.45) is 0 Å². The number of aliphatic hydroxyl groups excluding tert-OH is 2. The van der Waals surface area contributed by atoms with E-state index < -0.39 is 0 Å². The number of hydrogen-bond donors (Lipinski definition) is 2. The summed E-state index contributed by atoms with van der Waals surface area (Å²) in [7, 11) is 0. The monoisotopic (exact) mass is 353 g/mol. The lowest BCUT2D eigenvalue weighted by Crippen LogP contribution is -2.30. The van der Waals surface area contributed by atoms with Gasteiger partial charge in [0.05, 0.1) is 13.2 Å². The first-order valence-corrected chi connectivity index (χ1v) is 10.6. The van der Waals surface area contributed by atoms with Gasteiger partial charge >= 0.3 is 0 Å². The molecule has 0 aromatic heterocycles. The Morgan fingerprint density at radius 3 is 1.68 bits per heavy atom. The van der Waals surface area contributed by atoms with E-state index in [-0.39, 0.29) is 13.2 Å². The molecule has 0 amide bonds. The minimum Gasteiger partial charge on any atom is -0.395 e. The maximum Gasteiger partial charge on any atom is 0.0558 e. The molecule has 0 heterocycles. The van der Waals surface area contributed by atoms with Crippen LogP contribution in [-0.2, 0) is 0 Å². The molecule has 2 N–H and O–H groups in total. The SMILES string of the molecule is CCCCCC=CCC=CCCCCCCCCN(CCO)CCO. The van der Waals surface area contributed by atoms with Gasteiger partial charge in [0.15, 0.2) is 0 Å². The molecule has 25 heavy (non-hydrogen) atoms. The fourth-order valence-electron chi connectivity index (χ4n) is 2.94. The molecule has 0 unspecified atom stereocenters. The van der Waals surface area contributed by atoms with Crippen LogP contribution in [0.1, 0.15) is 84.0 Å². The molecule has 0 rings (SSSR count). The highest BCUT2D eigenvalue weighted by Gasteiger charge is 2.02. The van der Waals surface area contributed by atoms with Gasteiger partial charge in [-0.2, -0.15) is 0 Å². The highest BCUT2D eigenvalue weighted by molar-refractivity contribution is 4.92. The number of allylic oxidation sites excluding steroid dienone is 4. The van der Waals surface area contributed by atoms with Crippen LogP contribution in [0.2, 0.25) is 0 Å². The average molecular weight is 354 g/mol. The third kappa shape index (κ3) is 19.5. The summed E-state index contributed by atoms with van der Waals surface area (Å²) in [6.45, 7) is 4.97. The Balaban J connectivity index is 3.31. The summed E-state index contributed by atoms with van der Waals surface area (Å²) in [6.07, 6.45) is 24.5. The van der Waals surface area contributed by atoms with Gasteiger partial charge in [-0.15, -0.1) is 0 Å². The summed E-state index contributed by atoms with van der Waals surface area (Å²) in [5, 5.41) is 17.9. The lowest BCUT2D eigenvalue weighted by molar-refractivity contribution is 0.159. The highest BCUT2D eigenvalue weighted by Crippen LogP contribution is 2.08. The van der Waals surface area contributed by atoms with E-state index in [1.165, 1.54) is 70.6 Å². The van der Waals surface area contributed by atoms with E-state index in [4.69, 9.17) is 10.2 Å². The number of unbranched alkanes of at least 4 members (excludes halogenated alkanes) is 9. The van der Waals surface area contributed by atoms with Crippen molar-refractivity contribution in [2.75, 3.05) is 32.8 Å². The normalized spacial score (nSPS) is 12.2. The Kier molecular flexibility index (Phi) is 20.9. The van der Waals surface area contributed by atoms with Crippen molar-refractivity contribution in [2.45, 2.75) is 84.0 Å². The molecular formula is C22H43NO2. The van der Waals surface area contributed by atoms with Crippen molar-refractivity contribution in [3.63, 3.8) is 0 Å². The van der Waals surface area contributed by atoms with E-state index in [2.05, 4.69) is 36.1 Å². The number of aliphatic hydroxyl groups is 2. The van der Waals surface area contributed by atoms with E-state index in [9.17, 15) is 0 Å². The van der Waals surface area contributed by atoms with Gasteiger partial charge in [0.2, 0.25) is 0 Å². The molecular weight excluding hydrogens is 310 g/mol. The molecule has 0 spiro atoms. The third-order valence-electron chi connectivity index (χ3n) is 4.51. The second-order valence-corrected chi connectivity index (χ2v) is 6.87. The first kappa shape index (κ1) is 24.4. The van der Waals surface area contributed by atoms with Crippen LogP contribution in [0, 0.1) is 0 Å². The van der Waals surface area contributed by atoms with Crippen molar-refractivity contribution in [1.82, 2.24) is 4.90 Å². The minimum atomic E-state index is 0.183. The third-order valence-corrected chi connectivity index (χ3v) is 4.51. The van der Waals surface area contributed by atoms with E-state index in [1.54, 1.807) is 0 Å². The van der Waals surface area contributed by atoms with Crippen LogP contribution < -0.4 is 0 Å². The predicted octanol–water partition coefficient (Wildman–Crippen LogP) is 5.09. The molecule has 3 nitrogen and oxygen atoms in total. The molecule has 0 fully saturated rings. The molecule has 0 atom stereocenters. The quantitative estimate of drug-likeness (QED) is 0.251. The molecule has 0 aromatic rings. The summed E-state index contributed by atoms with van der Waals surface area (Å²) in [4.78, 5) is 2.14. The maximum atomic E-state index is 8.97. The van der Waals surface area contributed by atoms with Gasteiger partial charge in [0, 0.05) is 13.1 Å². The second kappa shape index (κ2) is 21.4. The minimum absolute atomic E-state index is 0.183. The molecule has 0 aliphatic rings. The van der Waals surface area contributed by atoms with Crippen molar-refractivity contribution >= 4 is 0 Å². The average Bonchev–Trinajstić information content (AvgIpc) is 2.61. The van der Waals surface area contributed by atoms with Crippen molar-refractivity contribution < 1.29 is 10.2 Å². The standard InChI is InChI=1S/C22H43NO2/c1-2-3-4-5-6-7-8-9-10-11-12-13-14-15-16-17-18-23(19-21-24)20-22-25/h6-7,9-10,24-25H,2-5,8,11-22H2,1H3. The fraction of sp³-hybridized carbons (Fsp3) is 0.818. The van der Waals surface area contributed by atoms with E-state index in [0.717, 1.165) is 13.0 Å². The zero-order valence-electron chi connectivity index (χ0n) is 16.7. The van der Waals surface area contributed by atoms with Crippen LogP contribution in [-0.4, -0.2) is 48.0 Å². The predicted molar refractivity (Wildman–Crippen MR) is 110 cm³/mol. The maximum absolute atomic E-state index is 8.97. The Bertz CT molecular complexity index is 296. The lowest BCUT2D eigenvalue weighted by atomic mass is 10.1. The topological polar surface area (TPSA) is 43.7 Å². The van der Waals surface area contributed by atoms with Crippen LogP contribution in [0.15, 0.2) is 24.3 Å². The highest BCUT2D eigenvalue weighted by atomic mass is 16.3. The molecule has 0 saturated heterocycles. The van der Waals surface area contributed by atoms with Gasteiger partial charge in [0.1, 0.15) is 0 Å². The first-order chi connectivity index (χ1) is 12.3. The fourth-order valence-corrected chi connectivity index (χ4v) is 2.94. The van der Waals surface area contributed by atoms with Crippen LogP contribution >= 0.6 is 0 Å². The molecule has 0 saturated carbocycles. The summed E-state index contributed by atoms with van der Waals surface area (Å²) in [5.74, 6) is 0.